The predicted molar refractivity (Wildman–Crippen MR) is 68.5 cm³/mol. The van der Waals surface area contributed by atoms with Gasteiger partial charge in [-0.2, -0.15) is 4.98 Å². The van der Waals surface area contributed by atoms with Crippen LogP contribution in [0.5, 0.6) is 0 Å². The molecule has 0 atom stereocenters. The molecular weight excluding hydrogens is 230 g/mol. The lowest BCUT2D eigenvalue weighted by atomic mass is 10.2. The highest BCUT2D eigenvalue weighted by Gasteiger charge is 2.17. The summed E-state index contributed by atoms with van der Waals surface area (Å²) in [7, 11) is 0. The molecule has 2 aromatic heterocycles. The molecule has 1 saturated heterocycles. The number of piperazine rings is 1. The van der Waals surface area contributed by atoms with E-state index in [1.54, 1.807) is 6.26 Å². The van der Waals surface area contributed by atoms with Crippen LogP contribution in [0.25, 0.3) is 11.4 Å². The molecule has 0 aliphatic carbocycles. The average Bonchev–Trinajstić information content (AvgIpc) is 3.08. The highest BCUT2D eigenvalue weighted by molar-refractivity contribution is 5.58. The summed E-state index contributed by atoms with van der Waals surface area (Å²) in [5, 5.41) is 10.6. The van der Waals surface area contributed by atoms with Crippen molar-refractivity contribution in [2.45, 2.75) is 13.3 Å². The van der Waals surface area contributed by atoms with E-state index in [0.717, 1.165) is 55.7 Å². The molecule has 3 heterocycles. The van der Waals surface area contributed by atoms with Crippen LogP contribution in [0.15, 0.2) is 16.7 Å². The molecule has 6 heteroatoms. The van der Waals surface area contributed by atoms with E-state index >= 15 is 0 Å². The van der Waals surface area contributed by atoms with Gasteiger partial charge in [-0.1, -0.05) is 6.92 Å². The second-order valence-electron chi connectivity index (χ2n) is 4.33. The Morgan fingerprint density at radius 2 is 2.22 bits per heavy atom. The summed E-state index contributed by atoms with van der Waals surface area (Å²) in [6, 6.07) is 1.93. The first-order valence-electron chi connectivity index (χ1n) is 6.33. The van der Waals surface area contributed by atoms with Crippen LogP contribution in [-0.4, -0.2) is 41.4 Å². The highest BCUT2D eigenvalue weighted by atomic mass is 16.3. The maximum absolute atomic E-state index is 5.41. The Balaban J connectivity index is 1.84. The summed E-state index contributed by atoms with van der Waals surface area (Å²) in [5.41, 5.74) is 1.01. The standard InChI is InChI=1S/C12H17N5O/c1-2-10-9(3-8-18-10)11-14-12(16-15-11)17-6-4-13-5-7-17/h3,8,13H,2,4-7H2,1H3,(H,14,15,16). The zero-order valence-corrected chi connectivity index (χ0v) is 10.4. The Morgan fingerprint density at radius 1 is 1.39 bits per heavy atom. The number of H-pyrrole nitrogens is 1. The van der Waals surface area contributed by atoms with Gasteiger partial charge >= 0.3 is 0 Å². The largest absolute Gasteiger partial charge is 0.469 e. The first-order valence-corrected chi connectivity index (χ1v) is 6.33. The van der Waals surface area contributed by atoms with E-state index in [1.165, 1.54) is 0 Å². The Kier molecular flexibility index (Phi) is 3.02. The third kappa shape index (κ3) is 1.99. The van der Waals surface area contributed by atoms with Crippen molar-refractivity contribution >= 4 is 5.95 Å². The smallest absolute Gasteiger partial charge is 0.245 e. The lowest BCUT2D eigenvalue weighted by Gasteiger charge is -2.25. The van der Waals surface area contributed by atoms with Crippen molar-refractivity contribution in [1.29, 1.82) is 0 Å². The van der Waals surface area contributed by atoms with E-state index < -0.39 is 0 Å². The Morgan fingerprint density at radius 3 is 3.00 bits per heavy atom. The number of aromatic amines is 1. The summed E-state index contributed by atoms with van der Waals surface area (Å²) < 4.78 is 5.41. The first kappa shape index (κ1) is 11.3. The maximum Gasteiger partial charge on any atom is 0.245 e. The van der Waals surface area contributed by atoms with Gasteiger partial charge in [0.1, 0.15) is 5.76 Å². The second-order valence-corrected chi connectivity index (χ2v) is 4.33. The van der Waals surface area contributed by atoms with Crippen molar-refractivity contribution in [3.63, 3.8) is 0 Å². The molecular formula is C12H17N5O. The molecule has 1 aliphatic rings. The molecule has 3 rings (SSSR count). The lowest BCUT2D eigenvalue weighted by molar-refractivity contribution is 0.517. The summed E-state index contributed by atoms with van der Waals surface area (Å²) in [6.45, 7) is 5.92. The maximum atomic E-state index is 5.41. The quantitative estimate of drug-likeness (QED) is 0.848. The van der Waals surface area contributed by atoms with E-state index in [-0.39, 0.29) is 0 Å². The third-order valence-electron chi connectivity index (χ3n) is 3.20. The van der Waals surface area contributed by atoms with Gasteiger partial charge in [0.2, 0.25) is 5.95 Å². The number of hydrogen-bond donors (Lipinski definition) is 2. The van der Waals surface area contributed by atoms with Crippen molar-refractivity contribution in [3.8, 4) is 11.4 Å². The Labute approximate surface area is 105 Å². The molecule has 1 fully saturated rings. The van der Waals surface area contributed by atoms with Crippen molar-refractivity contribution in [3.05, 3.63) is 18.1 Å². The van der Waals surface area contributed by atoms with Crippen molar-refractivity contribution in [2.24, 2.45) is 0 Å². The van der Waals surface area contributed by atoms with Crippen LogP contribution < -0.4 is 10.2 Å². The SMILES string of the molecule is CCc1occc1-c1nc(N2CCNCC2)n[nH]1. The number of nitrogens with one attached hydrogen (secondary N) is 2. The van der Waals surface area contributed by atoms with Crippen molar-refractivity contribution in [2.75, 3.05) is 31.1 Å². The monoisotopic (exact) mass is 247 g/mol. The summed E-state index contributed by atoms with van der Waals surface area (Å²) in [4.78, 5) is 6.74. The number of rotatable bonds is 3. The minimum Gasteiger partial charge on any atom is -0.469 e. The average molecular weight is 247 g/mol. The Hall–Kier alpha value is -1.82. The van der Waals surface area contributed by atoms with Crippen LogP contribution in [0.1, 0.15) is 12.7 Å². The molecule has 18 heavy (non-hydrogen) atoms. The van der Waals surface area contributed by atoms with Gasteiger partial charge in [-0.3, -0.25) is 5.10 Å². The number of aromatic nitrogens is 3. The van der Waals surface area contributed by atoms with Crippen LogP contribution in [0.3, 0.4) is 0 Å². The van der Waals surface area contributed by atoms with Gasteiger partial charge in [0.15, 0.2) is 5.82 Å². The molecule has 2 aromatic rings. The number of aryl methyl sites for hydroxylation is 1. The van der Waals surface area contributed by atoms with Crippen LogP contribution in [0.2, 0.25) is 0 Å². The molecule has 96 valence electrons. The highest BCUT2D eigenvalue weighted by Crippen LogP contribution is 2.23. The fourth-order valence-corrected chi connectivity index (χ4v) is 2.21. The molecule has 0 spiro atoms. The fraction of sp³-hybridized carbons (Fsp3) is 0.500. The van der Waals surface area contributed by atoms with Gasteiger partial charge < -0.3 is 14.6 Å². The van der Waals surface area contributed by atoms with E-state index in [9.17, 15) is 0 Å². The van der Waals surface area contributed by atoms with Crippen LogP contribution in [-0.2, 0) is 6.42 Å². The molecule has 2 N–H and O–H groups in total. The first-order chi connectivity index (χ1) is 8.88. The van der Waals surface area contributed by atoms with E-state index in [2.05, 4.69) is 32.3 Å². The number of anilines is 1. The van der Waals surface area contributed by atoms with Crippen LogP contribution in [0.4, 0.5) is 5.95 Å². The number of hydrogen-bond acceptors (Lipinski definition) is 5. The minimum atomic E-state index is 0.773. The lowest BCUT2D eigenvalue weighted by Crippen LogP contribution is -2.44. The van der Waals surface area contributed by atoms with Gasteiger partial charge in [-0.05, 0) is 6.07 Å². The molecule has 0 amide bonds. The fourth-order valence-electron chi connectivity index (χ4n) is 2.21. The van der Waals surface area contributed by atoms with Crippen molar-refractivity contribution < 1.29 is 4.42 Å². The normalized spacial score (nSPS) is 16.2. The molecule has 0 unspecified atom stereocenters. The molecule has 0 bridgehead atoms. The van der Waals surface area contributed by atoms with Crippen LogP contribution >= 0.6 is 0 Å². The van der Waals surface area contributed by atoms with Gasteiger partial charge in [0, 0.05) is 32.6 Å². The zero-order chi connectivity index (χ0) is 12.4. The molecule has 0 aromatic carbocycles. The number of nitrogens with zero attached hydrogens (tertiary/aromatic N) is 3. The van der Waals surface area contributed by atoms with Gasteiger partial charge in [-0.15, -0.1) is 5.10 Å². The van der Waals surface area contributed by atoms with E-state index in [4.69, 9.17) is 4.42 Å². The van der Waals surface area contributed by atoms with E-state index in [1.807, 2.05) is 6.07 Å². The topological polar surface area (TPSA) is 70.0 Å². The molecule has 0 radical (unpaired) electrons. The molecule has 0 saturated carbocycles. The molecule has 1 aliphatic heterocycles. The van der Waals surface area contributed by atoms with Crippen LogP contribution in [0, 0.1) is 0 Å². The summed E-state index contributed by atoms with van der Waals surface area (Å²) >= 11 is 0. The molecule has 6 nitrogen and oxygen atoms in total. The third-order valence-corrected chi connectivity index (χ3v) is 3.20. The summed E-state index contributed by atoms with van der Waals surface area (Å²) in [5.74, 6) is 2.50. The Bertz CT molecular complexity index is 512. The minimum absolute atomic E-state index is 0.773. The summed E-state index contributed by atoms with van der Waals surface area (Å²) in [6.07, 6.45) is 2.55. The van der Waals surface area contributed by atoms with Gasteiger partial charge in [0.25, 0.3) is 0 Å². The van der Waals surface area contributed by atoms with Gasteiger partial charge in [-0.25, -0.2) is 0 Å². The number of furan rings is 1. The van der Waals surface area contributed by atoms with Gasteiger partial charge in [0.05, 0.1) is 11.8 Å². The van der Waals surface area contributed by atoms with E-state index in [0.29, 0.717) is 0 Å². The zero-order valence-electron chi connectivity index (χ0n) is 10.4. The second kappa shape index (κ2) is 4.81. The predicted octanol–water partition coefficient (Wildman–Crippen LogP) is 1.04. The van der Waals surface area contributed by atoms with Crippen molar-refractivity contribution in [1.82, 2.24) is 20.5 Å².